The van der Waals surface area contributed by atoms with Crippen molar-refractivity contribution in [3.05, 3.63) is 22.4 Å². The fraction of sp³-hybridized carbons (Fsp3) is 0.692. The number of hydrogen-bond donors (Lipinski definition) is 2. The highest BCUT2D eigenvalue weighted by atomic mass is 32.1. The molecule has 0 spiro atoms. The summed E-state index contributed by atoms with van der Waals surface area (Å²) in [6.07, 6.45) is 3.14. The van der Waals surface area contributed by atoms with E-state index in [4.69, 9.17) is 0 Å². The van der Waals surface area contributed by atoms with Crippen molar-refractivity contribution in [1.29, 1.82) is 0 Å². The lowest BCUT2D eigenvalue weighted by atomic mass is 9.95. The number of nitrogens with one attached hydrogen (secondary N) is 1. The summed E-state index contributed by atoms with van der Waals surface area (Å²) in [5, 5.41) is 15.1. The minimum Gasteiger partial charge on any atom is -0.394 e. The lowest BCUT2D eigenvalue weighted by Crippen LogP contribution is -2.50. The lowest BCUT2D eigenvalue weighted by Gasteiger charge is -2.32. The SMILES string of the molecule is CCCC(C)(CO)NC(C)Cc1cccs1. The van der Waals surface area contributed by atoms with Gasteiger partial charge in [-0.15, -0.1) is 11.3 Å². The van der Waals surface area contributed by atoms with Crippen molar-refractivity contribution in [3.63, 3.8) is 0 Å². The van der Waals surface area contributed by atoms with Gasteiger partial charge in [0.15, 0.2) is 0 Å². The van der Waals surface area contributed by atoms with Crippen molar-refractivity contribution >= 4 is 11.3 Å². The van der Waals surface area contributed by atoms with Crippen LogP contribution < -0.4 is 5.32 Å². The highest BCUT2D eigenvalue weighted by Crippen LogP contribution is 2.16. The molecule has 0 aromatic carbocycles. The fourth-order valence-corrected chi connectivity index (χ4v) is 2.96. The van der Waals surface area contributed by atoms with E-state index in [1.54, 1.807) is 11.3 Å². The van der Waals surface area contributed by atoms with Gasteiger partial charge in [0.1, 0.15) is 0 Å². The summed E-state index contributed by atoms with van der Waals surface area (Å²) >= 11 is 1.80. The summed E-state index contributed by atoms with van der Waals surface area (Å²) < 4.78 is 0. The van der Waals surface area contributed by atoms with Crippen molar-refractivity contribution in [1.82, 2.24) is 5.32 Å². The Hall–Kier alpha value is -0.380. The summed E-state index contributed by atoms with van der Waals surface area (Å²) in [4.78, 5) is 1.40. The van der Waals surface area contributed by atoms with Gasteiger partial charge in [0.25, 0.3) is 0 Å². The summed E-state index contributed by atoms with van der Waals surface area (Å²) in [5.74, 6) is 0. The average Bonchev–Trinajstić information content (AvgIpc) is 2.70. The van der Waals surface area contributed by atoms with Gasteiger partial charge >= 0.3 is 0 Å². The Morgan fingerprint density at radius 3 is 2.81 bits per heavy atom. The van der Waals surface area contributed by atoms with E-state index < -0.39 is 0 Å². The smallest absolute Gasteiger partial charge is 0.0610 e. The third-order valence-corrected chi connectivity index (χ3v) is 3.73. The molecule has 1 aromatic heterocycles. The van der Waals surface area contributed by atoms with Crippen LogP contribution in [0.15, 0.2) is 17.5 Å². The molecule has 2 unspecified atom stereocenters. The van der Waals surface area contributed by atoms with Crippen LogP contribution in [0.4, 0.5) is 0 Å². The highest BCUT2D eigenvalue weighted by molar-refractivity contribution is 7.09. The van der Waals surface area contributed by atoms with Crippen LogP contribution in [0.3, 0.4) is 0 Å². The molecule has 16 heavy (non-hydrogen) atoms. The molecule has 0 saturated heterocycles. The van der Waals surface area contributed by atoms with Crippen LogP contribution in [0.1, 0.15) is 38.5 Å². The fourth-order valence-electron chi connectivity index (χ4n) is 2.13. The van der Waals surface area contributed by atoms with Gasteiger partial charge in [-0.25, -0.2) is 0 Å². The first-order valence-electron chi connectivity index (χ1n) is 6.00. The number of aliphatic hydroxyl groups is 1. The summed E-state index contributed by atoms with van der Waals surface area (Å²) in [7, 11) is 0. The van der Waals surface area contributed by atoms with Gasteiger partial charge in [-0.05, 0) is 38.1 Å². The maximum atomic E-state index is 9.43. The molecule has 0 saturated carbocycles. The third kappa shape index (κ3) is 4.24. The number of hydrogen-bond acceptors (Lipinski definition) is 3. The van der Waals surface area contributed by atoms with Crippen LogP contribution >= 0.6 is 11.3 Å². The number of aliphatic hydroxyl groups excluding tert-OH is 1. The van der Waals surface area contributed by atoms with E-state index >= 15 is 0 Å². The van der Waals surface area contributed by atoms with E-state index in [1.165, 1.54) is 4.88 Å². The highest BCUT2D eigenvalue weighted by Gasteiger charge is 2.23. The Labute approximate surface area is 103 Å². The Bertz CT molecular complexity index is 286. The summed E-state index contributed by atoms with van der Waals surface area (Å²) in [6, 6.07) is 4.66. The summed E-state index contributed by atoms with van der Waals surface area (Å²) in [5.41, 5.74) is -0.134. The van der Waals surface area contributed by atoms with Gasteiger partial charge < -0.3 is 10.4 Å². The van der Waals surface area contributed by atoms with Crippen molar-refractivity contribution in [2.45, 2.75) is 51.6 Å². The van der Waals surface area contributed by atoms with Gasteiger partial charge in [0.2, 0.25) is 0 Å². The van der Waals surface area contributed by atoms with E-state index in [0.29, 0.717) is 6.04 Å². The molecule has 3 heteroatoms. The minimum absolute atomic E-state index is 0.134. The molecular weight excluding hydrogens is 218 g/mol. The molecule has 92 valence electrons. The monoisotopic (exact) mass is 241 g/mol. The zero-order chi connectivity index (χ0) is 12.0. The van der Waals surface area contributed by atoms with E-state index in [0.717, 1.165) is 19.3 Å². The van der Waals surface area contributed by atoms with Crippen molar-refractivity contribution < 1.29 is 5.11 Å². The van der Waals surface area contributed by atoms with Crippen LogP contribution in [0.2, 0.25) is 0 Å². The minimum atomic E-state index is -0.134. The molecule has 2 nitrogen and oxygen atoms in total. The van der Waals surface area contributed by atoms with Crippen LogP contribution in [0.5, 0.6) is 0 Å². The van der Waals surface area contributed by atoms with Gasteiger partial charge in [-0.3, -0.25) is 0 Å². The van der Waals surface area contributed by atoms with E-state index in [-0.39, 0.29) is 12.1 Å². The van der Waals surface area contributed by atoms with Crippen LogP contribution in [-0.4, -0.2) is 23.3 Å². The van der Waals surface area contributed by atoms with Gasteiger partial charge in [-0.1, -0.05) is 19.4 Å². The zero-order valence-corrected chi connectivity index (χ0v) is 11.3. The molecule has 0 aliphatic rings. The first-order chi connectivity index (χ1) is 7.59. The molecule has 2 atom stereocenters. The predicted octanol–water partition coefficient (Wildman–Crippen LogP) is 2.82. The number of rotatable bonds is 7. The molecule has 0 aliphatic heterocycles. The van der Waals surface area contributed by atoms with E-state index in [2.05, 4.69) is 43.6 Å². The number of thiophene rings is 1. The van der Waals surface area contributed by atoms with Gasteiger partial charge in [0, 0.05) is 16.5 Å². The van der Waals surface area contributed by atoms with Crippen LogP contribution in [0.25, 0.3) is 0 Å². The first kappa shape index (κ1) is 13.7. The zero-order valence-electron chi connectivity index (χ0n) is 10.5. The second-order valence-corrected chi connectivity index (χ2v) is 5.83. The Kier molecular flexibility index (Phi) is 5.46. The Balaban J connectivity index is 2.45. The lowest BCUT2D eigenvalue weighted by molar-refractivity contribution is 0.153. The third-order valence-electron chi connectivity index (χ3n) is 2.83. The van der Waals surface area contributed by atoms with Crippen LogP contribution in [-0.2, 0) is 6.42 Å². The van der Waals surface area contributed by atoms with E-state index in [9.17, 15) is 5.11 Å². The van der Waals surface area contributed by atoms with Crippen LogP contribution in [0, 0.1) is 0 Å². The second-order valence-electron chi connectivity index (χ2n) is 4.80. The Morgan fingerprint density at radius 1 is 1.56 bits per heavy atom. The molecule has 0 fully saturated rings. The van der Waals surface area contributed by atoms with Crippen molar-refractivity contribution in [3.8, 4) is 0 Å². The molecule has 1 heterocycles. The van der Waals surface area contributed by atoms with E-state index in [1.807, 2.05) is 0 Å². The molecule has 0 aliphatic carbocycles. The first-order valence-corrected chi connectivity index (χ1v) is 6.88. The standard InChI is InChI=1S/C13H23NOS/c1-4-7-13(3,10-15)14-11(2)9-12-6-5-8-16-12/h5-6,8,11,14-15H,4,7,9-10H2,1-3H3. The summed E-state index contributed by atoms with van der Waals surface area (Å²) in [6.45, 7) is 6.64. The molecular formula is C13H23NOS. The molecule has 1 aromatic rings. The van der Waals surface area contributed by atoms with Gasteiger partial charge in [0.05, 0.1) is 6.61 Å². The molecule has 1 rings (SSSR count). The Morgan fingerprint density at radius 2 is 2.31 bits per heavy atom. The quantitative estimate of drug-likeness (QED) is 0.769. The molecule has 0 bridgehead atoms. The van der Waals surface area contributed by atoms with Crippen molar-refractivity contribution in [2.24, 2.45) is 0 Å². The van der Waals surface area contributed by atoms with Crippen molar-refractivity contribution in [2.75, 3.05) is 6.61 Å². The normalized spacial score (nSPS) is 17.0. The molecule has 0 amide bonds. The topological polar surface area (TPSA) is 32.3 Å². The molecule has 2 N–H and O–H groups in total. The average molecular weight is 241 g/mol. The maximum absolute atomic E-state index is 9.43. The maximum Gasteiger partial charge on any atom is 0.0610 e. The largest absolute Gasteiger partial charge is 0.394 e. The molecule has 0 radical (unpaired) electrons. The predicted molar refractivity (Wildman–Crippen MR) is 71.0 cm³/mol. The second kappa shape index (κ2) is 6.38. The van der Waals surface area contributed by atoms with Gasteiger partial charge in [-0.2, -0.15) is 0 Å².